The van der Waals surface area contributed by atoms with Crippen LogP contribution >= 0.6 is 24.0 Å². The van der Waals surface area contributed by atoms with Gasteiger partial charge in [0.1, 0.15) is 0 Å². The highest BCUT2D eigenvalue weighted by Gasteiger charge is 2.00. The molecule has 0 spiro atoms. The van der Waals surface area contributed by atoms with Gasteiger partial charge in [0.05, 0.1) is 7.11 Å². The highest BCUT2D eigenvalue weighted by Crippen LogP contribution is 2.07. The van der Waals surface area contributed by atoms with Gasteiger partial charge in [-0.05, 0) is 23.8 Å². The second-order valence-electron chi connectivity index (χ2n) is 4.48. The van der Waals surface area contributed by atoms with Gasteiger partial charge in [-0.25, -0.2) is 4.98 Å². The number of aliphatic imine (C=N–C) groups is 1. The Labute approximate surface area is 148 Å². The van der Waals surface area contributed by atoms with Crippen molar-refractivity contribution in [1.82, 2.24) is 20.2 Å². The maximum absolute atomic E-state index is 5.11. The normalized spacial score (nSPS) is 10.7. The van der Waals surface area contributed by atoms with Crippen molar-refractivity contribution in [2.24, 2.45) is 4.99 Å². The van der Waals surface area contributed by atoms with E-state index < -0.39 is 0 Å². The minimum atomic E-state index is 0. The van der Waals surface area contributed by atoms with Crippen LogP contribution in [-0.4, -0.2) is 36.2 Å². The second kappa shape index (κ2) is 10.0. The number of ether oxygens (including phenoxy) is 1. The molecule has 0 aliphatic heterocycles. The number of methoxy groups -OCH3 is 1. The molecule has 0 saturated carbocycles. The van der Waals surface area contributed by atoms with E-state index in [0.29, 0.717) is 12.4 Å². The first-order valence-electron chi connectivity index (χ1n) is 6.86. The molecule has 6 nitrogen and oxygen atoms in total. The Morgan fingerprint density at radius 2 is 2.09 bits per heavy atom. The number of rotatable bonds is 6. The topological polar surface area (TPSA) is 63.5 Å². The van der Waals surface area contributed by atoms with Gasteiger partial charge in [0, 0.05) is 51.3 Å². The summed E-state index contributed by atoms with van der Waals surface area (Å²) in [6.45, 7) is 2.38. The van der Waals surface area contributed by atoms with Crippen LogP contribution in [0.5, 0.6) is 5.88 Å². The van der Waals surface area contributed by atoms with E-state index in [0.717, 1.165) is 24.6 Å². The lowest BCUT2D eigenvalue weighted by Gasteiger charge is -2.12. The number of halogens is 1. The van der Waals surface area contributed by atoms with Crippen molar-refractivity contribution in [3.05, 3.63) is 48.4 Å². The molecule has 0 bridgehead atoms. The molecule has 120 valence electrons. The molecule has 22 heavy (non-hydrogen) atoms. The molecule has 0 atom stereocenters. The molecular weight excluding hydrogens is 393 g/mol. The summed E-state index contributed by atoms with van der Waals surface area (Å²) in [5.74, 6) is 1.39. The van der Waals surface area contributed by atoms with E-state index in [1.807, 2.05) is 36.7 Å². The van der Waals surface area contributed by atoms with Crippen LogP contribution in [0.25, 0.3) is 0 Å². The van der Waals surface area contributed by atoms with Gasteiger partial charge < -0.3 is 19.9 Å². The first-order valence-corrected chi connectivity index (χ1v) is 6.86. The average molecular weight is 415 g/mol. The summed E-state index contributed by atoms with van der Waals surface area (Å²) >= 11 is 0. The van der Waals surface area contributed by atoms with E-state index >= 15 is 0 Å². The Morgan fingerprint density at radius 3 is 2.77 bits per heavy atom. The number of aromatic nitrogens is 2. The van der Waals surface area contributed by atoms with Crippen molar-refractivity contribution in [2.75, 3.05) is 20.7 Å². The summed E-state index contributed by atoms with van der Waals surface area (Å²) in [6, 6.07) is 7.89. The van der Waals surface area contributed by atoms with Crippen molar-refractivity contribution in [3.63, 3.8) is 0 Å². The first-order chi connectivity index (χ1) is 10.3. The quantitative estimate of drug-likeness (QED) is 0.430. The maximum Gasteiger partial charge on any atom is 0.213 e. The van der Waals surface area contributed by atoms with Crippen LogP contribution in [0.1, 0.15) is 5.56 Å². The maximum atomic E-state index is 5.11. The Balaban J connectivity index is 0.00000242. The highest BCUT2D eigenvalue weighted by molar-refractivity contribution is 14.0. The molecule has 0 saturated heterocycles. The van der Waals surface area contributed by atoms with Crippen LogP contribution in [0.2, 0.25) is 0 Å². The molecule has 7 heteroatoms. The molecule has 2 aromatic rings. The second-order valence-corrected chi connectivity index (χ2v) is 4.48. The Bertz CT molecular complexity index is 571. The van der Waals surface area contributed by atoms with Crippen LogP contribution in [0.15, 0.2) is 47.8 Å². The third-order valence-electron chi connectivity index (χ3n) is 3.02. The smallest absolute Gasteiger partial charge is 0.213 e. The monoisotopic (exact) mass is 415 g/mol. The Kier molecular flexibility index (Phi) is 8.34. The minimum absolute atomic E-state index is 0. The van der Waals surface area contributed by atoms with Crippen LogP contribution in [0.3, 0.4) is 0 Å². The molecule has 0 fully saturated rings. The number of guanidine groups is 1. The van der Waals surface area contributed by atoms with E-state index in [4.69, 9.17) is 4.74 Å². The molecule has 0 aromatic carbocycles. The lowest BCUT2D eigenvalue weighted by molar-refractivity contribution is 0.397. The van der Waals surface area contributed by atoms with Gasteiger partial charge in [0.2, 0.25) is 5.88 Å². The molecule has 0 unspecified atom stereocenters. The van der Waals surface area contributed by atoms with E-state index in [1.54, 1.807) is 20.4 Å². The van der Waals surface area contributed by atoms with Crippen molar-refractivity contribution < 1.29 is 4.74 Å². The fourth-order valence-corrected chi connectivity index (χ4v) is 1.90. The number of hydrogen-bond acceptors (Lipinski definition) is 3. The fraction of sp³-hybridized carbons (Fsp3) is 0.333. The van der Waals surface area contributed by atoms with Gasteiger partial charge in [0.25, 0.3) is 0 Å². The number of pyridine rings is 1. The molecule has 2 heterocycles. The van der Waals surface area contributed by atoms with E-state index in [-0.39, 0.29) is 24.0 Å². The van der Waals surface area contributed by atoms with E-state index in [9.17, 15) is 0 Å². The summed E-state index contributed by atoms with van der Waals surface area (Å²) in [6.07, 6.45) is 5.82. The number of nitrogens with zero attached hydrogens (tertiary/aromatic N) is 3. The summed E-state index contributed by atoms with van der Waals surface area (Å²) in [5, 5.41) is 6.54. The SMILES string of the molecule is CN=C(NCCn1cccc1)NCc1ccnc(OC)c1.I. The predicted molar refractivity (Wildman–Crippen MR) is 98.8 cm³/mol. The summed E-state index contributed by atoms with van der Waals surface area (Å²) in [7, 11) is 3.37. The zero-order valence-corrected chi connectivity index (χ0v) is 15.2. The third kappa shape index (κ3) is 5.92. The minimum Gasteiger partial charge on any atom is -0.481 e. The van der Waals surface area contributed by atoms with Crippen LogP contribution in [0.4, 0.5) is 0 Å². The van der Waals surface area contributed by atoms with Crippen LogP contribution < -0.4 is 15.4 Å². The lowest BCUT2D eigenvalue weighted by atomic mass is 10.2. The molecule has 2 aromatic heterocycles. The van der Waals surface area contributed by atoms with E-state index in [2.05, 4.69) is 25.2 Å². The van der Waals surface area contributed by atoms with Crippen molar-refractivity contribution in [2.45, 2.75) is 13.1 Å². The molecule has 2 N–H and O–H groups in total. The number of nitrogens with one attached hydrogen (secondary N) is 2. The lowest BCUT2D eigenvalue weighted by Crippen LogP contribution is -2.38. The summed E-state index contributed by atoms with van der Waals surface area (Å²) < 4.78 is 7.23. The van der Waals surface area contributed by atoms with Crippen LogP contribution in [0, 0.1) is 0 Å². The average Bonchev–Trinajstić information content (AvgIpc) is 3.04. The Hall–Kier alpha value is -1.77. The summed E-state index contributed by atoms with van der Waals surface area (Å²) in [4.78, 5) is 8.29. The first kappa shape index (κ1) is 18.3. The summed E-state index contributed by atoms with van der Waals surface area (Å²) in [5.41, 5.74) is 1.09. The fourth-order valence-electron chi connectivity index (χ4n) is 1.90. The Morgan fingerprint density at radius 1 is 1.32 bits per heavy atom. The highest BCUT2D eigenvalue weighted by atomic mass is 127. The number of hydrogen-bond donors (Lipinski definition) is 2. The van der Waals surface area contributed by atoms with Gasteiger partial charge in [-0.15, -0.1) is 24.0 Å². The predicted octanol–water partition coefficient (Wildman–Crippen LogP) is 1.87. The molecule has 0 radical (unpaired) electrons. The van der Waals surface area contributed by atoms with Gasteiger partial charge in [0.15, 0.2) is 5.96 Å². The van der Waals surface area contributed by atoms with Gasteiger partial charge in [-0.1, -0.05) is 0 Å². The molecule has 0 aliphatic carbocycles. The van der Waals surface area contributed by atoms with Crippen molar-refractivity contribution >= 4 is 29.9 Å². The molecule has 2 rings (SSSR count). The third-order valence-corrected chi connectivity index (χ3v) is 3.02. The molecule has 0 amide bonds. The molecule has 0 aliphatic rings. The van der Waals surface area contributed by atoms with Gasteiger partial charge in [-0.2, -0.15) is 0 Å². The van der Waals surface area contributed by atoms with E-state index in [1.165, 1.54) is 0 Å². The molecular formula is C15H22IN5O. The largest absolute Gasteiger partial charge is 0.481 e. The van der Waals surface area contributed by atoms with Crippen molar-refractivity contribution in [3.8, 4) is 5.88 Å². The van der Waals surface area contributed by atoms with Gasteiger partial charge in [-0.3, -0.25) is 4.99 Å². The zero-order chi connectivity index (χ0) is 14.9. The zero-order valence-electron chi connectivity index (χ0n) is 12.8. The van der Waals surface area contributed by atoms with Crippen LogP contribution in [-0.2, 0) is 13.1 Å². The standard InChI is InChI=1S/C15H21N5O.HI/c1-16-15(18-7-10-20-8-3-4-9-20)19-12-13-5-6-17-14(11-13)21-2;/h3-6,8-9,11H,7,10,12H2,1-2H3,(H2,16,18,19);1H. The van der Waals surface area contributed by atoms with Crippen molar-refractivity contribution in [1.29, 1.82) is 0 Å². The van der Waals surface area contributed by atoms with Gasteiger partial charge >= 0.3 is 0 Å².